The van der Waals surface area contributed by atoms with Crippen molar-refractivity contribution in [2.45, 2.75) is 44.3 Å². The molecule has 3 amide bonds. The molecule has 0 heterocycles. The zero-order chi connectivity index (χ0) is 30.1. The fraction of sp³-hybridized carbons (Fsp3) is 0.171. The highest BCUT2D eigenvalue weighted by molar-refractivity contribution is 8.00. The molecule has 0 spiro atoms. The van der Waals surface area contributed by atoms with Crippen LogP contribution in [0.25, 0.3) is 6.08 Å². The van der Waals surface area contributed by atoms with Crippen molar-refractivity contribution in [3.8, 4) is 0 Å². The molecule has 0 aliphatic carbocycles. The summed E-state index contributed by atoms with van der Waals surface area (Å²) in [5.41, 5.74) is 5.98. The number of nitrogens with one attached hydrogen (secondary N) is 3. The van der Waals surface area contributed by atoms with E-state index in [1.165, 1.54) is 17.3 Å². The van der Waals surface area contributed by atoms with Gasteiger partial charge in [-0.15, -0.1) is 11.8 Å². The third kappa shape index (κ3) is 8.21. The second-order valence-electron chi connectivity index (χ2n) is 10.0. The van der Waals surface area contributed by atoms with Gasteiger partial charge in [-0.05, 0) is 98.0 Å². The predicted octanol–water partition coefficient (Wildman–Crippen LogP) is 7.53. The fourth-order valence-corrected chi connectivity index (χ4v) is 5.23. The number of amides is 3. The number of benzene rings is 4. The number of aryl methyl sites for hydroxylation is 3. The summed E-state index contributed by atoms with van der Waals surface area (Å²) in [7, 11) is 0. The molecule has 0 aromatic heterocycles. The molecule has 3 N–H and O–H groups in total. The van der Waals surface area contributed by atoms with Crippen LogP contribution >= 0.6 is 11.8 Å². The second kappa shape index (κ2) is 14.3. The van der Waals surface area contributed by atoms with Crippen LogP contribution in [0.2, 0.25) is 0 Å². The third-order valence-corrected chi connectivity index (χ3v) is 8.18. The van der Waals surface area contributed by atoms with Crippen LogP contribution in [0.3, 0.4) is 0 Å². The van der Waals surface area contributed by atoms with Crippen LogP contribution in [-0.4, -0.2) is 23.0 Å². The van der Waals surface area contributed by atoms with Gasteiger partial charge in [0.1, 0.15) is 5.70 Å². The number of thioether (sulfide) groups is 1. The monoisotopic (exact) mass is 577 g/mol. The molecule has 6 nitrogen and oxygen atoms in total. The molecule has 1 unspecified atom stereocenters. The highest BCUT2D eigenvalue weighted by atomic mass is 32.2. The molecule has 1 atom stereocenters. The largest absolute Gasteiger partial charge is 0.325 e. The van der Waals surface area contributed by atoms with Crippen LogP contribution in [0.15, 0.2) is 108 Å². The van der Waals surface area contributed by atoms with E-state index in [1.54, 1.807) is 36.4 Å². The normalized spacial score (nSPS) is 11.9. The van der Waals surface area contributed by atoms with Crippen molar-refractivity contribution in [2.75, 3.05) is 10.6 Å². The minimum atomic E-state index is -0.454. The van der Waals surface area contributed by atoms with Crippen LogP contribution in [0.4, 0.5) is 11.4 Å². The minimum absolute atomic E-state index is 0.0766. The number of carbonyl (C=O) groups excluding carboxylic acids is 3. The van der Waals surface area contributed by atoms with Crippen molar-refractivity contribution in [1.29, 1.82) is 0 Å². The Morgan fingerprint density at radius 1 is 0.738 bits per heavy atom. The van der Waals surface area contributed by atoms with E-state index < -0.39 is 5.91 Å². The van der Waals surface area contributed by atoms with Crippen molar-refractivity contribution in [3.05, 3.63) is 131 Å². The van der Waals surface area contributed by atoms with Gasteiger partial charge in [0.25, 0.3) is 11.8 Å². The van der Waals surface area contributed by atoms with Gasteiger partial charge in [-0.2, -0.15) is 0 Å². The fourth-order valence-electron chi connectivity index (χ4n) is 4.22. The van der Waals surface area contributed by atoms with Crippen LogP contribution in [0.5, 0.6) is 0 Å². The predicted molar refractivity (Wildman–Crippen MR) is 173 cm³/mol. The Hall–Kier alpha value is -4.62. The van der Waals surface area contributed by atoms with Gasteiger partial charge in [-0.3, -0.25) is 14.4 Å². The van der Waals surface area contributed by atoms with E-state index in [0.717, 1.165) is 27.3 Å². The summed E-state index contributed by atoms with van der Waals surface area (Å²) in [4.78, 5) is 40.3. The van der Waals surface area contributed by atoms with Crippen molar-refractivity contribution >= 4 is 46.9 Å². The lowest BCUT2D eigenvalue weighted by molar-refractivity contribution is -0.116. The Morgan fingerprint density at radius 3 is 2.17 bits per heavy atom. The molecular weight excluding hydrogens is 542 g/mol. The Balaban J connectivity index is 1.50. The zero-order valence-electron chi connectivity index (χ0n) is 24.2. The van der Waals surface area contributed by atoms with Crippen molar-refractivity contribution in [2.24, 2.45) is 0 Å². The van der Waals surface area contributed by atoms with Gasteiger partial charge in [0.05, 0.1) is 5.25 Å². The smallest absolute Gasteiger partial charge is 0.272 e. The lowest BCUT2D eigenvalue weighted by atomic mass is 10.1. The first-order valence-corrected chi connectivity index (χ1v) is 14.7. The number of hydrogen-bond acceptors (Lipinski definition) is 4. The van der Waals surface area contributed by atoms with E-state index in [9.17, 15) is 14.4 Å². The van der Waals surface area contributed by atoms with Gasteiger partial charge >= 0.3 is 0 Å². The highest BCUT2D eigenvalue weighted by Gasteiger charge is 2.20. The lowest BCUT2D eigenvalue weighted by Crippen LogP contribution is -2.30. The Morgan fingerprint density at radius 2 is 1.45 bits per heavy atom. The van der Waals surface area contributed by atoms with E-state index in [2.05, 4.69) is 16.0 Å². The number of carbonyl (C=O) groups is 3. The number of hydrogen-bond donors (Lipinski definition) is 3. The van der Waals surface area contributed by atoms with Gasteiger partial charge in [0.15, 0.2) is 0 Å². The molecular formula is C35H35N3O3S. The summed E-state index contributed by atoms with van der Waals surface area (Å²) in [6, 6.07) is 29.6. The minimum Gasteiger partial charge on any atom is -0.325 e. The Labute approximate surface area is 251 Å². The molecule has 0 aliphatic heterocycles. The molecule has 4 aromatic rings. The molecule has 4 rings (SSSR count). The molecule has 0 radical (unpaired) electrons. The van der Waals surface area contributed by atoms with Crippen LogP contribution in [0.1, 0.15) is 46.0 Å². The second-order valence-corrected chi connectivity index (χ2v) is 11.3. The molecule has 0 saturated heterocycles. The van der Waals surface area contributed by atoms with Crippen LogP contribution in [0, 0.1) is 20.8 Å². The highest BCUT2D eigenvalue weighted by Crippen LogP contribution is 2.29. The topological polar surface area (TPSA) is 87.3 Å². The maximum absolute atomic E-state index is 13.5. The molecule has 0 aliphatic rings. The Bertz CT molecular complexity index is 1620. The third-order valence-electron chi connectivity index (χ3n) is 6.83. The molecule has 214 valence electrons. The summed E-state index contributed by atoms with van der Waals surface area (Å²) in [6.45, 7) is 7.98. The van der Waals surface area contributed by atoms with Crippen molar-refractivity contribution in [3.63, 3.8) is 0 Å². The first-order chi connectivity index (χ1) is 20.2. The first kappa shape index (κ1) is 30.3. The number of rotatable bonds is 10. The molecule has 0 fully saturated rings. The van der Waals surface area contributed by atoms with E-state index in [1.807, 2.05) is 94.4 Å². The number of anilines is 2. The standard InChI is InChI=1S/C35H35N3O3S/c1-5-32(35(41)37-29-19-18-23(2)25(4)20-29)42-30-17-11-16-28(22-30)36-34(40)31(21-27-15-10-9-12-24(27)3)38-33(39)26-13-7-6-8-14-26/h6-22,32H,5H2,1-4H3,(H,36,40)(H,37,41)(H,38,39)/b31-21-. The molecule has 42 heavy (non-hydrogen) atoms. The zero-order valence-corrected chi connectivity index (χ0v) is 25.0. The summed E-state index contributed by atoms with van der Waals surface area (Å²) >= 11 is 1.44. The van der Waals surface area contributed by atoms with Crippen LogP contribution in [-0.2, 0) is 9.59 Å². The average molecular weight is 578 g/mol. The van der Waals surface area contributed by atoms with Crippen molar-refractivity contribution < 1.29 is 14.4 Å². The van der Waals surface area contributed by atoms with Gasteiger partial charge < -0.3 is 16.0 Å². The first-order valence-electron chi connectivity index (χ1n) is 13.8. The van der Waals surface area contributed by atoms with E-state index >= 15 is 0 Å². The van der Waals surface area contributed by atoms with Gasteiger partial charge in [-0.25, -0.2) is 0 Å². The maximum atomic E-state index is 13.5. The summed E-state index contributed by atoms with van der Waals surface area (Å²) in [5, 5.41) is 8.40. The maximum Gasteiger partial charge on any atom is 0.272 e. The van der Waals surface area contributed by atoms with Crippen LogP contribution < -0.4 is 16.0 Å². The van der Waals surface area contributed by atoms with E-state index in [4.69, 9.17) is 0 Å². The summed E-state index contributed by atoms with van der Waals surface area (Å²) in [6.07, 6.45) is 2.31. The van der Waals surface area contributed by atoms with Gasteiger partial charge in [0, 0.05) is 21.8 Å². The van der Waals surface area contributed by atoms with E-state index in [0.29, 0.717) is 17.7 Å². The summed E-state index contributed by atoms with van der Waals surface area (Å²) in [5.74, 6) is -0.910. The van der Waals surface area contributed by atoms with Gasteiger partial charge in [0.2, 0.25) is 5.91 Å². The molecule has 4 aromatic carbocycles. The molecule has 0 saturated carbocycles. The Kier molecular flexibility index (Phi) is 10.3. The molecule has 7 heteroatoms. The summed E-state index contributed by atoms with van der Waals surface area (Å²) < 4.78 is 0. The van der Waals surface area contributed by atoms with E-state index in [-0.39, 0.29) is 22.8 Å². The molecule has 0 bridgehead atoms. The quantitative estimate of drug-likeness (QED) is 0.134. The SMILES string of the molecule is CCC(Sc1cccc(NC(=O)/C(=C/c2ccccc2C)NC(=O)c2ccccc2)c1)C(=O)Nc1ccc(C)c(C)c1. The van der Waals surface area contributed by atoms with Gasteiger partial charge in [-0.1, -0.05) is 61.5 Å². The lowest BCUT2D eigenvalue weighted by Gasteiger charge is -2.16. The van der Waals surface area contributed by atoms with Crippen molar-refractivity contribution in [1.82, 2.24) is 5.32 Å². The average Bonchev–Trinajstić information content (AvgIpc) is 2.99.